The maximum absolute atomic E-state index is 14.7. The molecule has 1 aliphatic carbocycles. The van der Waals surface area contributed by atoms with Gasteiger partial charge < -0.3 is 15.6 Å². The van der Waals surface area contributed by atoms with Crippen LogP contribution in [0.3, 0.4) is 0 Å². The highest BCUT2D eigenvalue weighted by molar-refractivity contribution is 6.30. The first-order valence-corrected chi connectivity index (χ1v) is 10.5. The van der Waals surface area contributed by atoms with Gasteiger partial charge in [0.2, 0.25) is 5.91 Å². The monoisotopic (exact) mass is 427 g/mol. The molecule has 4 rings (SSSR count). The molecule has 30 heavy (non-hydrogen) atoms. The van der Waals surface area contributed by atoms with Gasteiger partial charge in [0.1, 0.15) is 11.5 Å². The number of hydrogen-bond donors (Lipinski definition) is 3. The van der Waals surface area contributed by atoms with Crippen molar-refractivity contribution in [1.82, 2.24) is 15.6 Å². The second-order valence-electron chi connectivity index (χ2n) is 7.77. The fraction of sp³-hybridized carbons (Fsp3) is 0.304. The number of aromatic amines is 1. The molecule has 7 heteroatoms. The van der Waals surface area contributed by atoms with Crippen molar-refractivity contribution in [2.45, 2.75) is 37.6 Å². The quantitative estimate of drug-likeness (QED) is 0.553. The van der Waals surface area contributed by atoms with Crippen LogP contribution >= 0.6 is 11.6 Å². The summed E-state index contributed by atoms with van der Waals surface area (Å²) in [6.07, 6.45) is 4.12. The van der Waals surface area contributed by atoms with Gasteiger partial charge in [-0.15, -0.1) is 0 Å². The summed E-state index contributed by atoms with van der Waals surface area (Å²) in [5, 5.41) is 6.88. The number of H-pyrrole nitrogens is 1. The first kappa shape index (κ1) is 20.4. The Balaban J connectivity index is 1.45. The summed E-state index contributed by atoms with van der Waals surface area (Å²) in [7, 11) is 0. The molecular weight excluding hydrogens is 405 g/mol. The Morgan fingerprint density at radius 3 is 2.57 bits per heavy atom. The van der Waals surface area contributed by atoms with E-state index in [0.717, 1.165) is 30.2 Å². The third-order valence-electron chi connectivity index (χ3n) is 5.72. The molecule has 1 aliphatic rings. The minimum absolute atomic E-state index is 0.189. The summed E-state index contributed by atoms with van der Waals surface area (Å²) < 4.78 is 14.7. The molecule has 156 valence electrons. The van der Waals surface area contributed by atoms with Gasteiger partial charge in [-0.05, 0) is 37.1 Å². The van der Waals surface area contributed by atoms with Crippen molar-refractivity contribution in [3.63, 3.8) is 0 Å². The molecule has 1 heterocycles. The van der Waals surface area contributed by atoms with E-state index in [2.05, 4.69) is 15.6 Å². The molecule has 0 radical (unpaired) electrons. The zero-order valence-electron chi connectivity index (χ0n) is 16.4. The maximum Gasteiger partial charge on any atom is 0.268 e. The average molecular weight is 428 g/mol. The van der Waals surface area contributed by atoms with E-state index in [9.17, 15) is 14.0 Å². The second kappa shape index (κ2) is 8.48. The van der Waals surface area contributed by atoms with Crippen LogP contribution in [0.15, 0.2) is 48.5 Å². The fourth-order valence-electron chi connectivity index (χ4n) is 4.26. The molecule has 0 atom stereocenters. The number of carbonyl (C=O) groups excluding carboxylic acids is 2. The number of fused-ring (bicyclic) bond motifs is 1. The molecule has 0 saturated heterocycles. The molecule has 1 fully saturated rings. The molecule has 3 aromatic rings. The molecule has 0 aliphatic heterocycles. The van der Waals surface area contributed by atoms with Gasteiger partial charge in [0.05, 0.1) is 12.1 Å². The molecule has 0 unspecified atom stereocenters. The van der Waals surface area contributed by atoms with Gasteiger partial charge in [-0.3, -0.25) is 9.59 Å². The highest BCUT2D eigenvalue weighted by Crippen LogP contribution is 2.38. The van der Waals surface area contributed by atoms with Crippen LogP contribution in [0.1, 0.15) is 48.2 Å². The molecule has 2 amide bonds. The Kier molecular flexibility index (Phi) is 5.77. The van der Waals surface area contributed by atoms with Gasteiger partial charge in [-0.2, -0.15) is 0 Å². The number of para-hydroxylation sites is 1. The standard InChI is InChI=1S/C23H23ClFN3O2/c24-16-8-9-17(18(25)13-16)23(10-4-1-5-11-23)28-21(29)14-26-22(30)20-12-15-6-2-3-7-19(15)27-20/h2-3,6-9,12-13,27H,1,4-5,10-11,14H2,(H,26,30)(H,28,29). The smallest absolute Gasteiger partial charge is 0.268 e. The minimum Gasteiger partial charge on any atom is -0.351 e. The van der Waals surface area contributed by atoms with Crippen molar-refractivity contribution in [3.8, 4) is 0 Å². The van der Waals surface area contributed by atoms with Crippen LogP contribution in [0.2, 0.25) is 5.02 Å². The van der Waals surface area contributed by atoms with Crippen LogP contribution in [0.5, 0.6) is 0 Å². The van der Waals surface area contributed by atoms with Crippen LogP contribution in [-0.2, 0) is 10.3 Å². The number of aromatic nitrogens is 1. The predicted octanol–water partition coefficient (Wildman–Crippen LogP) is 4.67. The van der Waals surface area contributed by atoms with Crippen LogP contribution in [0.4, 0.5) is 4.39 Å². The maximum atomic E-state index is 14.7. The largest absolute Gasteiger partial charge is 0.351 e. The lowest BCUT2D eigenvalue weighted by Crippen LogP contribution is -2.50. The van der Waals surface area contributed by atoms with Crippen molar-refractivity contribution < 1.29 is 14.0 Å². The molecule has 1 saturated carbocycles. The predicted molar refractivity (Wildman–Crippen MR) is 115 cm³/mol. The van der Waals surface area contributed by atoms with Gasteiger partial charge in [0, 0.05) is 21.5 Å². The highest BCUT2D eigenvalue weighted by atomic mass is 35.5. The van der Waals surface area contributed by atoms with Gasteiger partial charge in [-0.1, -0.05) is 55.1 Å². The fourth-order valence-corrected chi connectivity index (χ4v) is 4.42. The van der Waals surface area contributed by atoms with Crippen molar-refractivity contribution in [2.24, 2.45) is 0 Å². The summed E-state index contributed by atoms with van der Waals surface area (Å²) in [5.41, 5.74) is 0.907. The Labute approximate surface area is 179 Å². The molecule has 5 nitrogen and oxygen atoms in total. The van der Waals surface area contributed by atoms with E-state index in [4.69, 9.17) is 11.6 Å². The normalized spacial score (nSPS) is 15.7. The lowest BCUT2D eigenvalue weighted by molar-refractivity contribution is -0.122. The number of rotatable bonds is 5. The Hall–Kier alpha value is -2.86. The first-order chi connectivity index (χ1) is 14.5. The van der Waals surface area contributed by atoms with E-state index in [-0.39, 0.29) is 18.4 Å². The van der Waals surface area contributed by atoms with E-state index in [1.807, 2.05) is 24.3 Å². The summed E-state index contributed by atoms with van der Waals surface area (Å²) >= 11 is 5.90. The Morgan fingerprint density at radius 2 is 1.83 bits per heavy atom. The highest BCUT2D eigenvalue weighted by Gasteiger charge is 2.37. The first-order valence-electron chi connectivity index (χ1n) is 10.1. The van der Waals surface area contributed by atoms with Crippen molar-refractivity contribution in [1.29, 1.82) is 0 Å². The van der Waals surface area contributed by atoms with Crippen molar-refractivity contribution in [2.75, 3.05) is 6.54 Å². The van der Waals surface area contributed by atoms with Gasteiger partial charge in [0.25, 0.3) is 5.91 Å². The lowest BCUT2D eigenvalue weighted by Gasteiger charge is -2.39. The van der Waals surface area contributed by atoms with Gasteiger partial charge in [0.15, 0.2) is 0 Å². The summed E-state index contributed by atoms with van der Waals surface area (Å²) in [6, 6.07) is 13.9. The molecule has 2 aromatic carbocycles. The molecule has 0 bridgehead atoms. The zero-order valence-corrected chi connectivity index (χ0v) is 17.2. The summed E-state index contributed by atoms with van der Waals surface area (Å²) in [4.78, 5) is 28.2. The molecular formula is C23H23ClFN3O2. The van der Waals surface area contributed by atoms with E-state index in [1.54, 1.807) is 18.2 Å². The SMILES string of the molecule is O=C(CNC(=O)c1cc2ccccc2[nH]1)NC1(c2ccc(Cl)cc2F)CCCCC1. The zero-order chi connectivity index (χ0) is 21.1. The number of carbonyl (C=O) groups is 2. The average Bonchev–Trinajstić information content (AvgIpc) is 3.17. The lowest BCUT2D eigenvalue weighted by atomic mass is 9.76. The Morgan fingerprint density at radius 1 is 1.07 bits per heavy atom. The van der Waals surface area contributed by atoms with E-state index >= 15 is 0 Å². The third kappa shape index (κ3) is 4.19. The summed E-state index contributed by atoms with van der Waals surface area (Å²) in [6.45, 7) is -0.189. The van der Waals surface area contributed by atoms with Gasteiger partial charge >= 0.3 is 0 Å². The van der Waals surface area contributed by atoms with Crippen LogP contribution in [-0.4, -0.2) is 23.3 Å². The Bertz CT molecular complexity index is 1060. The number of amides is 2. The van der Waals surface area contributed by atoms with E-state index in [0.29, 0.717) is 29.1 Å². The molecule has 0 spiro atoms. The third-order valence-corrected chi connectivity index (χ3v) is 5.95. The van der Waals surface area contributed by atoms with Crippen LogP contribution in [0.25, 0.3) is 10.9 Å². The summed E-state index contributed by atoms with van der Waals surface area (Å²) in [5.74, 6) is -1.14. The number of benzene rings is 2. The van der Waals surface area contributed by atoms with Gasteiger partial charge in [-0.25, -0.2) is 4.39 Å². The van der Waals surface area contributed by atoms with Crippen molar-refractivity contribution >= 4 is 34.3 Å². The number of nitrogens with one attached hydrogen (secondary N) is 3. The minimum atomic E-state index is -0.782. The topological polar surface area (TPSA) is 74.0 Å². The van der Waals surface area contributed by atoms with Crippen molar-refractivity contribution in [3.05, 3.63) is 70.6 Å². The van der Waals surface area contributed by atoms with Crippen LogP contribution < -0.4 is 10.6 Å². The second-order valence-corrected chi connectivity index (χ2v) is 8.20. The van der Waals surface area contributed by atoms with Crippen LogP contribution in [0, 0.1) is 5.82 Å². The van der Waals surface area contributed by atoms with E-state index in [1.165, 1.54) is 6.07 Å². The number of hydrogen-bond acceptors (Lipinski definition) is 2. The van der Waals surface area contributed by atoms with E-state index < -0.39 is 11.4 Å². The number of halogens is 2. The molecule has 1 aromatic heterocycles. The molecule has 3 N–H and O–H groups in total.